The van der Waals surface area contributed by atoms with Crippen LogP contribution in [-0.2, 0) is 13.0 Å². The van der Waals surface area contributed by atoms with E-state index in [1.807, 2.05) is 55.5 Å². The van der Waals surface area contributed by atoms with Gasteiger partial charge in [0.15, 0.2) is 0 Å². The van der Waals surface area contributed by atoms with Crippen LogP contribution in [0.15, 0.2) is 54.6 Å². The largest absolute Gasteiger partial charge is 0.366 e. The zero-order valence-electron chi connectivity index (χ0n) is 13.8. The molecule has 1 amide bonds. The lowest BCUT2D eigenvalue weighted by Crippen LogP contribution is -2.13. The van der Waals surface area contributed by atoms with Gasteiger partial charge in [-0.1, -0.05) is 59.6 Å². The molecule has 0 radical (unpaired) electrons. The standard InChI is InChI=1S/C20H18Cl2N2O/c1-13-17(20(23)25)12-19(15-5-3-2-4-6-15)24(13)10-9-14-7-8-16(21)11-18(14)22/h2-8,11-12H,9-10H2,1H3,(H2,23,25). The fourth-order valence-corrected chi connectivity index (χ4v) is 3.49. The molecule has 0 saturated heterocycles. The van der Waals surface area contributed by atoms with Crippen LogP contribution in [0.5, 0.6) is 0 Å². The van der Waals surface area contributed by atoms with Crippen molar-refractivity contribution in [3.63, 3.8) is 0 Å². The molecule has 3 nitrogen and oxygen atoms in total. The van der Waals surface area contributed by atoms with Gasteiger partial charge in [-0.05, 0) is 42.7 Å². The van der Waals surface area contributed by atoms with Crippen LogP contribution in [-0.4, -0.2) is 10.5 Å². The first-order valence-corrected chi connectivity index (χ1v) is 8.72. The second-order valence-corrected chi connectivity index (χ2v) is 6.74. The summed E-state index contributed by atoms with van der Waals surface area (Å²) in [5.41, 5.74) is 9.96. The molecular formula is C20H18Cl2N2O. The van der Waals surface area contributed by atoms with Gasteiger partial charge in [0.1, 0.15) is 0 Å². The molecule has 0 saturated carbocycles. The average Bonchev–Trinajstić information content (AvgIpc) is 2.92. The summed E-state index contributed by atoms with van der Waals surface area (Å²) in [6.07, 6.45) is 0.726. The predicted octanol–water partition coefficient (Wildman–Crippen LogP) is 5.11. The molecule has 0 aliphatic carbocycles. The zero-order valence-corrected chi connectivity index (χ0v) is 15.3. The summed E-state index contributed by atoms with van der Waals surface area (Å²) in [5, 5.41) is 1.26. The number of halogens is 2. The molecule has 0 fully saturated rings. The summed E-state index contributed by atoms with van der Waals surface area (Å²) in [6, 6.07) is 17.3. The number of aryl methyl sites for hydroxylation is 1. The normalized spacial score (nSPS) is 10.8. The van der Waals surface area contributed by atoms with E-state index in [0.717, 1.165) is 28.9 Å². The zero-order chi connectivity index (χ0) is 18.0. The van der Waals surface area contributed by atoms with Crippen LogP contribution in [0, 0.1) is 6.92 Å². The van der Waals surface area contributed by atoms with E-state index < -0.39 is 5.91 Å². The molecular weight excluding hydrogens is 355 g/mol. The summed E-state index contributed by atoms with van der Waals surface area (Å²) in [4.78, 5) is 11.8. The fraction of sp³-hybridized carbons (Fsp3) is 0.150. The second kappa shape index (κ2) is 7.34. The van der Waals surface area contributed by atoms with E-state index in [2.05, 4.69) is 4.57 Å². The molecule has 3 aromatic rings. The third-order valence-corrected chi connectivity index (χ3v) is 4.91. The molecule has 5 heteroatoms. The maximum Gasteiger partial charge on any atom is 0.250 e. The Kier molecular flexibility index (Phi) is 5.16. The smallest absolute Gasteiger partial charge is 0.250 e. The van der Waals surface area contributed by atoms with Gasteiger partial charge in [-0.15, -0.1) is 0 Å². The Balaban J connectivity index is 1.98. The highest BCUT2D eigenvalue weighted by molar-refractivity contribution is 6.35. The minimum Gasteiger partial charge on any atom is -0.366 e. The number of hydrogen-bond donors (Lipinski definition) is 1. The van der Waals surface area contributed by atoms with Crippen molar-refractivity contribution in [3.05, 3.63) is 81.5 Å². The van der Waals surface area contributed by atoms with E-state index in [9.17, 15) is 4.79 Å². The van der Waals surface area contributed by atoms with E-state index in [-0.39, 0.29) is 0 Å². The lowest BCUT2D eigenvalue weighted by atomic mass is 10.1. The molecule has 3 rings (SSSR count). The van der Waals surface area contributed by atoms with Gasteiger partial charge >= 0.3 is 0 Å². The lowest BCUT2D eigenvalue weighted by molar-refractivity contribution is 0.0999. The highest BCUT2D eigenvalue weighted by Crippen LogP contribution is 2.27. The number of carbonyl (C=O) groups excluding carboxylic acids is 1. The predicted molar refractivity (Wildman–Crippen MR) is 103 cm³/mol. The highest BCUT2D eigenvalue weighted by Gasteiger charge is 2.16. The van der Waals surface area contributed by atoms with Crippen molar-refractivity contribution in [1.82, 2.24) is 4.57 Å². The van der Waals surface area contributed by atoms with Gasteiger partial charge in [-0.2, -0.15) is 0 Å². The van der Waals surface area contributed by atoms with Crippen molar-refractivity contribution in [2.75, 3.05) is 0 Å². The van der Waals surface area contributed by atoms with Crippen molar-refractivity contribution in [3.8, 4) is 11.3 Å². The van der Waals surface area contributed by atoms with Crippen LogP contribution in [0.25, 0.3) is 11.3 Å². The van der Waals surface area contributed by atoms with Crippen molar-refractivity contribution in [1.29, 1.82) is 0 Å². The first-order valence-electron chi connectivity index (χ1n) is 7.96. The van der Waals surface area contributed by atoms with Crippen LogP contribution in [0.3, 0.4) is 0 Å². The molecule has 1 aromatic heterocycles. The molecule has 0 unspecified atom stereocenters. The number of hydrogen-bond acceptors (Lipinski definition) is 1. The quantitative estimate of drug-likeness (QED) is 0.664. The molecule has 2 N–H and O–H groups in total. The summed E-state index contributed by atoms with van der Waals surface area (Å²) in [7, 11) is 0. The topological polar surface area (TPSA) is 48.0 Å². The van der Waals surface area contributed by atoms with Crippen LogP contribution in [0.1, 0.15) is 21.6 Å². The van der Waals surface area contributed by atoms with Gasteiger partial charge in [-0.25, -0.2) is 0 Å². The third kappa shape index (κ3) is 3.73. The molecule has 0 bridgehead atoms. The van der Waals surface area contributed by atoms with Gasteiger partial charge in [0, 0.05) is 28.0 Å². The van der Waals surface area contributed by atoms with Gasteiger partial charge in [0.05, 0.1) is 5.56 Å². The van der Waals surface area contributed by atoms with Gasteiger partial charge in [0.25, 0.3) is 5.91 Å². The minimum absolute atomic E-state index is 0.419. The number of aromatic nitrogens is 1. The Hall–Kier alpha value is -2.23. The first-order chi connectivity index (χ1) is 12.0. The number of amides is 1. The Morgan fingerprint density at radius 2 is 1.80 bits per heavy atom. The molecule has 0 spiro atoms. The van der Waals surface area contributed by atoms with Crippen LogP contribution < -0.4 is 5.73 Å². The Morgan fingerprint density at radius 1 is 1.08 bits per heavy atom. The number of primary amides is 1. The fourth-order valence-electron chi connectivity index (χ4n) is 2.99. The Morgan fingerprint density at radius 3 is 2.44 bits per heavy atom. The van der Waals surface area contributed by atoms with E-state index >= 15 is 0 Å². The van der Waals surface area contributed by atoms with Gasteiger partial charge in [-0.3, -0.25) is 4.79 Å². The molecule has 0 aliphatic rings. The Labute approximate surface area is 157 Å². The third-order valence-electron chi connectivity index (χ3n) is 4.32. The summed E-state index contributed by atoms with van der Waals surface area (Å²) >= 11 is 12.2. The van der Waals surface area contributed by atoms with Crippen molar-refractivity contribution < 1.29 is 4.79 Å². The molecule has 128 valence electrons. The molecule has 0 aliphatic heterocycles. The molecule has 25 heavy (non-hydrogen) atoms. The lowest BCUT2D eigenvalue weighted by Gasteiger charge is -2.13. The number of benzene rings is 2. The maximum absolute atomic E-state index is 11.8. The van der Waals surface area contributed by atoms with Crippen molar-refractivity contribution in [2.45, 2.75) is 19.9 Å². The summed E-state index contributed by atoms with van der Waals surface area (Å²) < 4.78 is 2.11. The SMILES string of the molecule is Cc1c(C(N)=O)cc(-c2ccccc2)n1CCc1ccc(Cl)cc1Cl. The number of carbonyl (C=O) groups is 1. The van der Waals surface area contributed by atoms with Crippen molar-refractivity contribution in [2.24, 2.45) is 5.73 Å². The van der Waals surface area contributed by atoms with Gasteiger partial charge in [0.2, 0.25) is 0 Å². The first kappa shape index (κ1) is 17.6. The highest BCUT2D eigenvalue weighted by atomic mass is 35.5. The number of rotatable bonds is 5. The minimum atomic E-state index is -0.419. The van der Waals surface area contributed by atoms with Crippen molar-refractivity contribution >= 4 is 29.1 Å². The molecule has 0 atom stereocenters. The summed E-state index contributed by atoms with van der Waals surface area (Å²) in [6.45, 7) is 2.60. The van der Waals surface area contributed by atoms with Gasteiger partial charge < -0.3 is 10.3 Å². The monoisotopic (exact) mass is 372 g/mol. The number of nitrogens with two attached hydrogens (primary N) is 1. The van der Waals surface area contributed by atoms with E-state index in [0.29, 0.717) is 22.2 Å². The molecule has 2 aromatic carbocycles. The second-order valence-electron chi connectivity index (χ2n) is 5.90. The Bertz CT molecular complexity index is 917. The van der Waals surface area contributed by atoms with E-state index in [1.54, 1.807) is 6.07 Å². The number of nitrogens with zero attached hydrogens (tertiary/aromatic N) is 1. The molecule has 1 heterocycles. The average molecular weight is 373 g/mol. The van der Waals surface area contributed by atoms with Crippen LogP contribution in [0.4, 0.5) is 0 Å². The van der Waals surface area contributed by atoms with E-state index in [4.69, 9.17) is 28.9 Å². The van der Waals surface area contributed by atoms with Crippen LogP contribution >= 0.6 is 23.2 Å². The summed E-state index contributed by atoms with van der Waals surface area (Å²) in [5.74, 6) is -0.419. The van der Waals surface area contributed by atoms with Crippen LogP contribution in [0.2, 0.25) is 10.0 Å². The van der Waals surface area contributed by atoms with E-state index in [1.165, 1.54) is 0 Å². The maximum atomic E-state index is 11.8.